The average molecular weight is 554 g/mol. The van der Waals surface area contributed by atoms with E-state index in [4.69, 9.17) is 11.6 Å². The maximum Gasteiger partial charge on any atom is 0.274 e. The summed E-state index contributed by atoms with van der Waals surface area (Å²) >= 11 is 9.48. The van der Waals surface area contributed by atoms with Crippen molar-refractivity contribution in [2.24, 2.45) is 0 Å². The van der Waals surface area contributed by atoms with Gasteiger partial charge in [-0.25, -0.2) is 4.68 Å². The monoisotopic (exact) mass is 552 g/mol. The lowest BCUT2D eigenvalue weighted by Gasteiger charge is -2.37. The molecular weight excluding hydrogens is 528 g/mol. The standard InChI is InChI=1S/C27H26BrClN4O2/c28-20-7-5-19(6-8-20)26-24-3-1-2-4-25(24)27(35)33(30-26)18-23(34)17-31-13-15-32(16-14-31)22-11-9-21(29)10-12-22/h1-12,23,34H,13-18H2. The molecule has 35 heavy (non-hydrogen) atoms. The first-order valence-electron chi connectivity index (χ1n) is 11.6. The zero-order valence-corrected chi connectivity index (χ0v) is 21.5. The molecule has 1 N–H and O–H groups in total. The Hall–Kier alpha value is -2.71. The molecule has 0 amide bonds. The van der Waals surface area contributed by atoms with Gasteiger partial charge in [0.1, 0.15) is 0 Å². The minimum Gasteiger partial charge on any atom is -0.390 e. The van der Waals surface area contributed by atoms with Crippen molar-refractivity contribution >= 4 is 44.0 Å². The van der Waals surface area contributed by atoms with E-state index in [0.29, 0.717) is 11.9 Å². The highest BCUT2D eigenvalue weighted by atomic mass is 79.9. The molecular formula is C27H26BrClN4O2. The molecule has 8 heteroatoms. The van der Waals surface area contributed by atoms with Gasteiger partial charge in [-0.05, 0) is 42.5 Å². The quantitative estimate of drug-likeness (QED) is 0.376. The molecule has 1 fully saturated rings. The van der Waals surface area contributed by atoms with E-state index in [1.54, 1.807) is 0 Å². The van der Waals surface area contributed by atoms with Crippen LogP contribution in [-0.2, 0) is 6.54 Å². The van der Waals surface area contributed by atoms with Crippen LogP contribution in [0, 0.1) is 0 Å². The van der Waals surface area contributed by atoms with E-state index in [0.717, 1.165) is 58.0 Å². The lowest BCUT2D eigenvalue weighted by molar-refractivity contribution is 0.0910. The smallest absolute Gasteiger partial charge is 0.274 e. The second-order valence-electron chi connectivity index (χ2n) is 8.81. The Balaban J connectivity index is 1.30. The Morgan fingerprint density at radius 2 is 1.54 bits per heavy atom. The number of β-amino-alcohol motifs (C(OH)–C–C–N with tert-alkyl or cyclic N) is 1. The summed E-state index contributed by atoms with van der Waals surface area (Å²) in [5.41, 5.74) is 2.62. The zero-order valence-electron chi connectivity index (χ0n) is 19.1. The fraction of sp³-hybridized carbons (Fsp3) is 0.259. The van der Waals surface area contributed by atoms with Crippen LogP contribution in [0.15, 0.2) is 82.1 Å². The van der Waals surface area contributed by atoms with Gasteiger partial charge in [0.25, 0.3) is 5.56 Å². The van der Waals surface area contributed by atoms with Crippen molar-refractivity contribution in [1.29, 1.82) is 0 Å². The van der Waals surface area contributed by atoms with Crippen LogP contribution in [0.25, 0.3) is 22.0 Å². The molecule has 0 aliphatic carbocycles. The molecule has 1 aliphatic rings. The van der Waals surface area contributed by atoms with Gasteiger partial charge in [0.05, 0.1) is 23.7 Å². The minimum absolute atomic E-state index is 0.143. The first-order valence-corrected chi connectivity index (χ1v) is 12.8. The summed E-state index contributed by atoms with van der Waals surface area (Å²) in [5.74, 6) is 0. The zero-order chi connectivity index (χ0) is 24.4. The minimum atomic E-state index is -0.707. The van der Waals surface area contributed by atoms with E-state index >= 15 is 0 Å². The average Bonchev–Trinajstić information content (AvgIpc) is 2.87. The lowest BCUT2D eigenvalue weighted by atomic mass is 10.1. The van der Waals surface area contributed by atoms with E-state index in [-0.39, 0.29) is 12.1 Å². The summed E-state index contributed by atoms with van der Waals surface area (Å²) in [4.78, 5) is 17.7. The summed E-state index contributed by atoms with van der Waals surface area (Å²) in [7, 11) is 0. The molecule has 180 valence electrons. The third kappa shape index (κ3) is 5.43. The van der Waals surface area contributed by atoms with E-state index < -0.39 is 6.10 Å². The highest BCUT2D eigenvalue weighted by Gasteiger charge is 2.21. The molecule has 0 radical (unpaired) electrons. The Kier molecular flexibility index (Phi) is 7.20. The molecule has 1 aliphatic heterocycles. The maximum absolute atomic E-state index is 13.2. The molecule has 1 saturated heterocycles. The van der Waals surface area contributed by atoms with Crippen molar-refractivity contribution in [2.45, 2.75) is 12.6 Å². The number of fused-ring (bicyclic) bond motifs is 1. The number of rotatable bonds is 6. The first kappa shape index (κ1) is 24.0. The van der Waals surface area contributed by atoms with Gasteiger partial charge in [-0.1, -0.05) is 57.9 Å². The molecule has 2 heterocycles. The van der Waals surface area contributed by atoms with Crippen molar-refractivity contribution in [3.8, 4) is 11.3 Å². The molecule has 3 aromatic carbocycles. The Labute approximate surface area is 217 Å². The number of aromatic nitrogens is 2. The normalized spacial score (nSPS) is 15.5. The molecule has 0 saturated carbocycles. The molecule has 1 atom stereocenters. The maximum atomic E-state index is 13.2. The largest absolute Gasteiger partial charge is 0.390 e. The number of aliphatic hydroxyl groups excluding tert-OH is 1. The summed E-state index contributed by atoms with van der Waals surface area (Å²) in [5, 5.41) is 17.7. The molecule has 1 aromatic heterocycles. The molecule has 0 bridgehead atoms. The Morgan fingerprint density at radius 1 is 0.886 bits per heavy atom. The van der Waals surface area contributed by atoms with Gasteiger partial charge in [-0.15, -0.1) is 0 Å². The van der Waals surface area contributed by atoms with Crippen molar-refractivity contribution in [1.82, 2.24) is 14.7 Å². The van der Waals surface area contributed by atoms with Gasteiger partial charge in [-0.3, -0.25) is 9.69 Å². The third-order valence-corrected chi connectivity index (χ3v) is 7.18. The number of nitrogens with zero attached hydrogens (tertiary/aromatic N) is 4. The molecule has 1 unspecified atom stereocenters. The van der Waals surface area contributed by atoms with E-state index in [2.05, 4.69) is 30.8 Å². The van der Waals surface area contributed by atoms with Crippen molar-refractivity contribution < 1.29 is 5.11 Å². The predicted octanol–water partition coefficient (Wildman–Crippen LogP) is 4.66. The number of piperazine rings is 1. The topological polar surface area (TPSA) is 61.6 Å². The fourth-order valence-corrected chi connectivity index (χ4v) is 4.97. The van der Waals surface area contributed by atoms with Crippen LogP contribution in [0.3, 0.4) is 0 Å². The van der Waals surface area contributed by atoms with Crippen LogP contribution in [0.1, 0.15) is 0 Å². The molecule has 0 spiro atoms. The van der Waals surface area contributed by atoms with Crippen LogP contribution in [0.5, 0.6) is 0 Å². The number of hydrogen-bond acceptors (Lipinski definition) is 5. The van der Waals surface area contributed by atoms with Crippen LogP contribution in [0.2, 0.25) is 5.02 Å². The Morgan fingerprint density at radius 3 is 2.23 bits per heavy atom. The van der Waals surface area contributed by atoms with Crippen molar-refractivity contribution in [2.75, 3.05) is 37.6 Å². The number of anilines is 1. The second-order valence-corrected chi connectivity index (χ2v) is 10.2. The van der Waals surface area contributed by atoms with Crippen molar-refractivity contribution in [3.63, 3.8) is 0 Å². The second kappa shape index (κ2) is 10.5. The Bertz CT molecular complexity index is 1370. The van der Waals surface area contributed by atoms with Gasteiger partial charge in [-0.2, -0.15) is 5.10 Å². The van der Waals surface area contributed by atoms with E-state index in [1.165, 1.54) is 4.68 Å². The van der Waals surface area contributed by atoms with Crippen LogP contribution < -0.4 is 10.5 Å². The number of aliphatic hydroxyl groups is 1. The summed E-state index contributed by atoms with van der Waals surface area (Å²) in [6, 6.07) is 23.3. The highest BCUT2D eigenvalue weighted by Crippen LogP contribution is 2.26. The number of hydrogen-bond donors (Lipinski definition) is 1. The molecule has 4 aromatic rings. The summed E-state index contributed by atoms with van der Waals surface area (Å²) < 4.78 is 2.39. The van der Waals surface area contributed by atoms with Crippen molar-refractivity contribution in [3.05, 3.63) is 92.6 Å². The first-order chi connectivity index (χ1) is 17.0. The van der Waals surface area contributed by atoms with Gasteiger partial charge in [0.2, 0.25) is 0 Å². The summed E-state index contributed by atoms with van der Waals surface area (Å²) in [6.45, 7) is 4.05. The van der Waals surface area contributed by atoms with E-state index in [1.807, 2.05) is 72.8 Å². The number of halogens is 2. The lowest BCUT2D eigenvalue weighted by Crippen LogP contribution is -2.49. The highest BCUT2D eigenvalue weighted by molar-refractivity contribution is 9.10. The van der Waals surface area contributed by atoms with Crippen LogP contribution >= 0.6 is 27.5 Å². The van der Waals surface area contributed by atoms with E-state index in [9.17, 15) is 9.90 Å². The fourth-order valence-electron chi connectivity index (χ4n) is 4.58. The van der Waals surface area contributed by atoms with Crippen LogP contribution in [-0.4, -0.2) is 58.6 Å². The van der Waals surface area contributed by atoms with Gasteiger partial charge >= 0.3 is 0 Å². The van der Waals surface area contributed by atoms with Gasteiger partial charge in [0.15, 0.2) is 0 Å². The summed E-state index contributed by atoms with van der Waals surface area (Å²) in [6.07, 6.45) is -0.707. The predicted molar refractivity (Wildman–Crippen MR) is 145 cm³/mol. The van der Waals surface area contributed by atoms with Gasteiger partial charge < -0.3 is 10.0 Å². The molecule has 6 nitrogen and oxygen atoms in total. The number of benzene rings is 3. The molecule has 5 rings (SSSR count). The third-order valence-electron chi connectivity index (χ3n) is 6.40. The van der Waals surface area contributed by atoms with Crippen LogP contribution in [0.4, 0.5) is 5.69 Å². The SMILES string of the molecule is O=c1c2ccccc2c(-c2ccc(Br)cc2)nn1CC(O)CN1CCN(c2ccc(Cl)cc2)CC1. The van der Waals surface area contributed by atoms with Gasteiger partial charge in [0, 0.05) is 58.9 Å².